The smallest absolute Gasteiger partial charge is 0.120 e. The lowest BCUT2D eigenvalue weighted by atomic mass is 9.95. The highest BCUT2D eigenvalue weighted by Crippen LogP contribution is 2.32. The molecular weight excluding hydrogens is 254 g/mol. The number of hydrogen-bond donors (Lipinski definition) is 1. The van der Waals surface area contributed by atoms with Crippen LogP contribution in [0, 0.1) is 0 Å². The number of rotatable bonds is 3. The van der Waals surface area contributed by atoms with Crippen LogP contribution < -0.4 is 0 Å². The predicted octanol–water partition coefficient (Wildman–Crippen LogP) is 3.62. The maximum Gasteiger partial charge on any atom is 0.120 e. The molecule has 0 aliphatic heterocycles. The molecule has 1 heterocycles. The van der Waals surface area contributed by atoms with E-state index in [9.17, 15) is 4.79 Å². The summed E-state index contributed by atoms with van der Waals surface area (Å²) < 4.78 is 1.06. The second-order valence-corrected chi connectivity index (χ2v) is 4.56. The Morgan fingerprint density at radius 1 is 1.53 bits per heavy atom. The van der Waals surface area contributed by atoms with Crippen LogP contribution in [-0.2, 0) is 4.79 Å². The summed E-state index contributed by atoms with van der Waals surface area (Å²) in [5, 5.41) is 1.19. The highest BCUT2D eigenvalue weighted by molar-refractivity contribution is 9.10. The molecule has 2 nitrogen and oxygen atoms in total. The van der Waals surface area contributed by atoms with E-state index >= 15 is 0 Å². The Morgan fingerprint density at radius 3 is 3.07 bits per heavy atom. The van der Waals surface area contributed by atoms with Crippen LogP contribution in [0.4, 0.5) is 0 Å². The zero-order valence-corrected chi connectivity index (χ0v) is 10.0. The Morgan fingerprint density at radius 2 is 2.33 bits per heavy atom. The van der Waals surface area contributed by atoms with Crippen LogP contribution in [-0.4, -0.2) is 11.3 Å². The number of carbonyl (C=O) groups excluding carboxylic acids is 1. The van der Waals surface area contributed by atoms with Gasteiger partial charge in [-0.1, -0.05) is 19.1 Å². The third-order valence-corrected chi connectivity index (χ3v) is 3.30. The zero-order valence-electron chi connectivity index (χ0n) is 8.46. The summed E-state index contributed by atoms with van der Waals surface area (Å²) in [6, 6.07) is 6.13. The molecule has 2 aromatic rings. The Kier molecular flexibility index (Phi) is 2.91. The number of aromatic amines is 1. The highest BCUT2D eigenvalue weighted by Gasteiger charge is 2.11. The second-order valence-electron chi connectivity index (χ2n) is 3.71. The molecule has 0 bridgehead atoms. The topological polar surface area (TPSA) is 32.9 Å². The number of hydrogen-bond acceptors (Lipinski definition) is 1. The van der Waals surface area contributed by atoms with Gasteiger partial charge >= 0.3 is 0 Å². The average Bonchev–Trinajstić information content (AvgIpc) is 2.61. The molecule has 15 heavy (non-hydrogen) atoms. The van der Waals surface area contributed by atoms with E-state index in [4.69, 9.17) is 0 Å². The van der Waals surface area contributed by atoms with Crippen LogP contribution in [0.25, 0.3) is 10.9 Å². The van der Waals surface area contributed by atoms with Crippen molar-refractivity contribution in [2.75, 3.05) is 0 Å². The van der Waals surface area contributed by atoms with Crippen molar-refractivity contribution in [2.24, 2.45) is 0 Å². The van der Waals surface area contributed by atoms with Crippen LogP contribution in [0.1, 0.15) is 24.8 Å². The van der Waals surface area contributed by atoms with Gasteiger partial charge in [0, 0.05) is 28.0 Å². The van der Waals surface area contributed by atoms with Gasteiger partial charge in [0.05, 0.1) is 0 Å². The Balaban J connectivity index is 2.58. The fraction of sp³-hybridized carbons (Fsp3) is 0.250. The molecule has 1 aromatic carbocycles. The Bertz CT molecular complexity index is 489. The molecule has 0 saturated heterocycles. The van der Waals surface area contributed by atoms with Crippen LogP contribution in [0.5, 0.6) is 0 Å². The summed E-state index contributed by atoms with van der Waals surface area (Å²) in [6.45, 7) is 2.07. The maximum absolute atomic E-state index is 10.5. The molecule has 0 aliphatic carbocycles. The van der Waals surface area contributed by atoms with E-state index < -0.39 is 0 Å². The molecule has 1 atom stereocenters. The minimum absolute atomic E-state index is 0.262. The normalized spacial score (nSPS) is 12.9. The first kappa shape index (κ1) is 10.4. The van der Waals surface area contributed by atoms with E-state index in [-0.39, 0.29) is 5.92 Å². The summed E-state index contributed by atoms with van der Waals surface area (Å²) in [5.74, 6) is 0.262. The second kappa shape index (κ2) is 4.19. The minimum Gasteiger partial charge on any atom is -0.360 e. The van der Waals surface area contributed by atoms with Gasteiger partial charge in [0.15, 0.2) is 0 Å². The molecule has 0 aliphatic rings. The quantitative estimate of drug-likeness (QED) is 0.845. The molecule has 2 rings (SSSR count). The molecule has 0 fully saturated rings. The lowest BCUT2D eigenvalue weighted by molar-refractivity contribution is -0.108. The van der Waals surface area contributed by atoms with Crippen LogP contribution in [0.3, 0.4) is 0 Å². The molecule has 1 aromatic heterocycles. The van der Waals surface area contributed by atoms with Gasteiger partial charge in [0.25, 0.3) is 0 Å². The van der Waals surface area contributed by atoms with Crippen LogP contribution in [0.15, 0.2) is 28.9 Å². The van der Waals surface area contributed by atoms with E-state index in [1.807, 2.05) is 18.3 Å². The molecule has 78 valence electrons. The summed E-state index contributed by atoms with van der Waals surface area (Å²) >= 11 is 3.52. The van der Waals surface area contributed by atoms with Gasteiger partial charge in [-0.2, -0.15) is 0 Å². The highest BCUT2D eigenvalue weighted by atomic mass is 79.9. The maximum atomic E-state index is 10.5. The van der Waals surface area contributed by atoms with Crippen molar-refractivity contribution < 1.29 is 4.79 Å². The zero-order chi connectivity index (χ0) is 10.8. The predicted molar refractivity (Wildman–Crippen MR) is 65.1 cm³/mol. The first-order chi connectivity index (χ1) is 7.24. The first-order valence-electron chi connectivity index (χ1n) is 4.93. The fourth-order valence-corrected chi connectivity index (χ4v) is 2.41. The van der Waals surface area contributed by atoms with Crippen molar-refractivity contribution in [3.63, 3.8) is 0 Å². The lowest BCUT2D eigenvalue weighted by Gasteiger charge is -2.10. The standard InChI is InChI=1S/C12H12BrNO/c1-8(5-6-15)9-3-2-4-11-12(9)10(13)7-14-11/h2-4,6-8,14H,5H2,1H3. The summed E-state index contributed by atoms with van der Waals surface area (Å²) in [7, 11) is 0. The van der Waals surface area contributed by atoms with Gasteiger partial charge in [0.1, 0.15) is 6.29 Å². The molecule has 1 unspecified atom stereocenters. The molecule has 3 heteroatoms. The summed E-state index contributed by atoms with van der Waals surface area (Å²) in [6.07, 6.45) is 3.47. The van der Waals surface area contributed by atoms with Gasteiger partial charge in [-0.05, 0) is 33.5 Å². The average molecular weight is 266 g/mol. The number of nitrogens with one attached hydrogen (secondary N) is 1. The van der Waals surface area contributed by atoms with Crippen molar-refractivity contribution in [1.29, 1.82) is 0 Å². The SMILES string of the molecule is CC(CC=O)c1cccc2[nH]cc(Br)c12. The van der Waals surface area contributed by atoms with E-state index in [0.717, 1.165) is 16.3 Å². The molecule has 0 radical (unpaired) electrons. The van der Waals surface area contributed by atoms with Crippen molar-refractivity contribution in [3.8, 4) is 0 Å². The fourth-order valence-electron chi connectivity index (χ4n) is 1.85. The van der Waals surface area contributed by atoms with Crippen molar-refractivity contribution in [3.05, 3.63) is 34.4 Å². The van der Waals surface area contributed by atoms with Crippen molar-refractivity contribution >= 4 is 33.1 Å². The van der Waals surface area contributed by atoms with Crippen LogP contribution >= 0.6 is 15.9 Å². The van der Waals surface area contributed by atoms with Gasteiger partial charge < -0.3 is 9.78 Å². The van der Waals surface area contributed by atoms with Crippen molar-refractivity contribution in [2.45, 2.75) is 19.3 Å². The number of benzene rings is 1. The number of carbonyl (C=O) groups is 1. The molecule has 0 amide bonds. The number of halogens is 1. The van der Waals surface area contributed by atoms with Gasteiger partial charge in [0.2, 0.25) is 0 Å². The number of aromatic nitrogens is 1. The Hall–Kier alpha value is -1.09. The number of aldehydes is 1. The van der Waals surface area contributed by atoms with Gasteiger partial charge in [-0.3, -0.25) is 0 Å². The summed E-state index contributed by atoms with van der Waals surface area (Å²) in [4.78, 5) is 13.7. The molecule has 1 N–H and O–H groups in total. The molecule has 0 spiro atoms. The summed E-state index contributed by atoms with van der Waals surface area (Å²) in [5.41, 5.74) is 2.32. The molecule has 0 saturated carbocycles. The Labute approximate surface area is 96.8 Å². The van der Waals surface area contributed by atoms with Crippen molar-refractivity contribution in [1.82, 2.24) is 4.98 Å². The van der Waals surface area contributed by atoms with E-state index in [0.29, 0.717) is 6.42 Å². The number of H-pyrrole nitrogens is 1. The molecular formula is C12H12BrNO. The van der Waals surface area contributed by atoms with E-state index in [2.05, 4.69) is 33.9 Å². The van der Waals surface area contributed by atoms with E-state index in [1.54, 1.807) is 0 Å². The third kappa shape index (κ3) is 1.84. The lowest BCUT2D eigenvalue weighted by Crippen LogP contribution is -1.94. The number of fused-ring (bicyclic) bond motifs is 1. The van der Waals surface area contributed by atoms with Gasteiger partial charge in [-0.25, -0.2) is 0 Å². The minimum atomic E-state index is 0.262. The largest absolute Gasteiger partial charge is 0.360 e. The monoisotopic (exact) mass is 265 g/mol. The van der Waals surface area contributed by atoms with Crippen LogP contribution in [0.2, 0.25) is 0 Å². The third-order valence-electron chi connectivity index (χ3n) is 2.67. The first-order valence-corrected chi connectivity index (χ1v) is 5.72. The van der Waals surface area contributed by atoms with Gasteiger partial charge in [-0.15, -0.1) is 0 Å². The van der Waals surface area contributed by atoms with E-state index in [1.165, 1.54) is 10.9 Å².